The lowest BCUT2D eigenvalue weighted by Gasteiger charge is -2.31. The molecule has 6 rings (SSSR count). The van der Waals surface area contributed by atoms with Crippen LogP contribution in [0.4, 0.5) is 17.5 Å². The number of rotatable bonds is 7. The highest BCUT2D eigenvalue weighted by Crippen LogP contribution is 2.31. The normalized spacial score (nSPS) is 14.1. The van der Waals surface area contributed by atoms with E-state index in [2.05, 4.69) is 35.5 Å². The first-order valence-corrected chi connectivity index (χ1v) is 12.5. The number of amides is 1. The van der Waals surface area contributed by atoms with Gasteiger partial charge in [-0.3, -0.25) is 4.79 Å². The first-order chi connectivity index (χ1) is 18.6. The molecule has 0 bridgehead atoms. The van der Waals surface area contributed by atoms with Crippen LogP contribution in [0, 0.1) is 6.92 Å². The number of anilines is 3. The van der Waals surface area contributed by atoms with Gasteiger partial charge in [0.1, 0.15) is 28.9 Å². The predicted molar refractivity (Wildman–Crippen MR) is 145 cm³/mol. The van der Waals surface area contributed by atoms with E-state index in [4.69, 9.17) is 9.72 Å². The molecule has 1 amide bonds. The van der Waals surface area contributed by atoms with Crippen LogP contribution in [0.2, 0.25) is 0 Å². The van der Waals surface area contributed by atoms with E-state index in [0.717, 1.165) is 66.1 Å². The van der Waals surface area contributed by atoms with Gasteiger partial charge in [-0.25, -0.2) is 24.9 Å². The molecule has 4 heterocycles. The molecule has 0 saturated carbocycles. The number of hydrogen-bond acceptors (Lipinski definition) is 9. The van der Waals surface area contributed by atoms with E-state index in [1.165, 1.54) is 6.33 Å². The van der Waals surface area contributed by atoms with Gasteiger partial charge in [0.05, 0.1) is 23.6 Å². The highest BCUT2D eigenvalue weighted by atomic mass is 16.5. The van der Waals surface area contributed by atoms with Crippen molar-refractivity contribution >= 4 is 45.9 Å². The molecule has 2 aromatic carbocycles. The van der Waals surface area contributed by atoms with Crippen LogP contribution in [0.5, 0.6) is 11.5 Å². The van der Waals surface area contributed by atoms with Crippen LogP contribution in [0.3, 0.4) is 0 Å². The Morgan fingerprint density at radius 3 is 2.71 bits per heavy atom. The van der Waals surface area contributed by atoms with Crippen LogP contribution in [0.25, 0.3) is 22.1 Å². The van der Waals surface area contributed by atoms with Crippen LogP contribution in [0.15, 0.2) is 55.2 Å². The molecule has 11 heteroatoms. The Morgan fingerprint density at radius 1 is 1.03 bits per heavy atom. The number of carbonyl (C=O) groups is 1. The molecule has 38 heavy (non-hydrogen) atoms. The third-order valence-electron chi connectivity index (χ3n) is 6.81. The van der Waals surface area contributed by atoms with Gasteiger partial charge >= 0.3 is 0 Å². The van der Waals surface area contributed by atoms with Gasteiger partial charge in [0.2, 0.25) is 12.4 Å². The standard InChI is InChI=1S/C27H27N9O2/c1-17-11-19(3-6-24(17)38-20-4-5-23-21(12-20)31-15-35(23)2)33-26-25-22(29-14-30-26)13-28-27(34-25)36-9-7-18(8-10-36)32-16-37/h3-6,11-16,18H,7-10H2,1-2H3,(H,32,37)(H,29,30,33). The van der Waals surface area contributed by atoms with Gasteiger partial charge in [0.25, 0.3) is 0 Å². The first-order valence-electron chi connectivity index (χ1n) is 12.5. The van der Waals surface area contributed by atoms with Crippen molar-refractivity contribution in [2.24, 2.45) is 7.05 Å². The van der Waals surface area contributed by atoms with Crippen molar-refractivity contribution in [3.63, 3.8) is 0 Å². The fourth-order valence-electron chi connectivity index (χ4n) is 4.72. The van der Waals surface area contributed by atoms with Crippen molar-refractivity contribution in [2.75, 3.05) is 23.3 Å². The summed E-state index contributed by atoms with van der Waals surface area (Å²) < 4.78 is 8.13. The molecule has 1 aliphatic heterocycles. The number of aryl methyl sites for hydroxylation is 2. The molecule has 1 saturated heterocycles. The smallest absolute Gasteiger partial charge is 0.226 e. The minimum absolute atomic E-state index is 0.192. The molecule has 5 aromatic rings. The number of carbonyl (C=O) groups excluding carboxylic acids is 1. The van der Waals surface area contributed by atoms with Gasteiger partial charge in [0, 0.05) is 37.9 Å². The van der Waals surface area contributed by atoms with Gasteiger partial charge in [-0.15, -0.1) is 0 Å². The zero-order chi connectivity index (χ0) is 26.1. The Hall–Kier alpha value is -4.80. The van der Waals surface area contributed by atoms with Crippen LogP contribution < -0.4 is 20.3 Å². The van der Waals surface area contributed by atoms with Gasteiger partial charge in [0.15, 0.2) is 5.82 Å². The van der Waals surface area contributed by atoms with E-state index in [0.29, 0.717) is 22.8 Å². The van der Waals surface area contributed by atoms with Gasteiger partial charge in [-0.2, -0.15) is 0 Å². The van der Waals surface area contributed by atoms with Crippen molar-refractivity contribution in [3.8, 4) is 11.5 Å². The van der Waals surface area contributed by atoms with Crippen LogP contribution in [0.1, 0.15) is 18.4 Å². The van der Waals surface area contributed by atoms with Crippen LogP contribution >= 0.6 is 0 Å². The maximum absolute atomic E-state index is 10.7. The fourth-order valence-corrected chi connectivity index (χ4v) is 4.72. The lowest BCUT2D eigenvalue weighted by molar-refractivity contribution is -0.110. The molecule has 2 N–H and O–H groups in total. The summed E-state index contributed by atoms with van der Waals surface area (Å²) in [5.74, 6) is 2.72. The maximum atomic E-state index is 10.7. The van der Waals surface area contributed by atoms with Crippen molar-refractivity contribution in [2.45, 2.75) is 25.8 Å². The van der Waals surface area contributed by atoms with Gasteiger partial charge in [-0.05, 0) is 55.7 Å². The topological polar surface area (TPSA) is 123 Å². The number of hydrogen-bond donors (Lipinski definition) is 2. The number of nitrogens with zero attached hydrogens (tertiary/aromatic N) is 7. The zero-order valence-electron chi connectivity index (χ0n) is 21.1. The number of benzene rings is 2. The average Bonchev–Trinajstić information content (AvgIpc) is 3.30. The monoisotopic (exact) mass is 509 g/mol. The summed E-state index contributed by atoms with van der Waals surface area (Å²) in [6, 6.07) is 12.0. The average molecular weight is 510 g/mol. The second kappa shape index (κ2) is 9.92. The second-order valence-corrected chi connectivity index (χ2v) is 9.39. The predicted octanol–water partition coefficient (Wildman–Crippen LogP) is 3.87. The Bertz CT molecular complexity index is 1630. The summed E-state index contributed by atoms with van der Waals surface area (Å²) in [6.45, 7) is 3.53. The largest absolute Gasteiger partial charge is 0.457 e. The molecule has 11 nitrogen and oxygen atoms in total. The fraction of sp³-hybridized carbons (Fsp3) is 0.259. The Kier molecular flexibility index (Phi) is 6.16. The van der Waals surface area contributed by atoms with Crippen LogP contribution in [-0.2, 0) is 11.8 Å². The number of imidazole rings is 1. The zero-order valence-corrected chi connectivity index (χ0v) is 21.1. The molecule has 0 aliphatic carbocycles. The van der Waals surface area contributed by atoms with Gasteiger partial charge in [-0.1, -0.05) is 0 Å². The summed E-state index contributed by atoms with van der Waals surface area (Å²) in [4.78, 5) is 35.4. The lowest BCUT2D eigenvalue weighted by Crippen LogP contribution is -2.42. The third kappa shape index (κ3) is 4.65. The van der Waals surface area contributed by atoms with Crippen molar-refractivity contribution in [3.05, 3.63) is 60.8 Å². The number of ether oxygens (including phenoxy) is 1. The molecule has 1 fully saturated rings. The van der Waals surface area contributed by atoms with E-state index >= 15 is 0 Å². The molecular weight excluding hydrogens is 482 g/mol. The van der Waals surface area contributed by atoms with Crippen LogP contribution in [-0.4, -0.2) is 55.0 Å². The second-order valence-electron chi connectivity index (χ2n) is 9.39. The minimum Gasteiger partial charge on any atom is -0.457 e. The Labute approximate surface area is 218 Å². The molecular formula is C27H27N9O2. The SMILES string of the molecule is Cc1cc(Nc2ncnc3cnc(N4CCC(NC=O)CC4)nc23)ccc1Oc1ccc2c(c1)ncn2C. The highest BCUT2D eigenvalue weighted by molar-refractivity contribution is 5.87. The summed E-state index contributed by atoms with van der Waals surface area (Å²) in [6.07, 6.45) is 7.48. The summed E-state index contributed by atoms with van der Waals surface area (Å²) in [7, 11) is 1.97. The number of aromatic nitrogens is 6. The number of piperidine rings is 1. The van der Waals surface area contributed by atoms with E-state index in [-0.39, 0.29) is 6.04 Å². The molecule has 3 aromatic heterocycles. The van der Waals surface area contributed by atoms with E-state index in [9.17, 15) is 4.79 Å². The number of fused-ring (bicyclic) bond motifs is 2. The Balaban J connectivity index is 1.21. The summed E-state index contributed by atoms with van der Waals surface area (Å²) in [5, 5.41) is 6.24. The Morgan fingerprint density at radius 2 is 1.89 bits per heavy atom. The third-order valence-corrected chi connectivity index (χ3v) is 6.81. The van der Waals surface area contributed by atoms with Gasteiger partial charge < -0.3 is 24.8 Å². The van der Waals surface area contributed by atoms with E-state index < -0.39 is 0 Å². The van der Waals surface area contributed by atoms with Crippen molar-refractivity contribution in [1.29, 1.82) is 0 Å². The quantitative estimate of drug-likeness (QED) is 0.315. The first kappa shape index (κ1) is 23.6. The highest BCUT2D eigenvalue weighted by Gasteiger charge is 2.21. The molecule has 0 atom stereocenters. The molecule has 0 spiro atoms. The van der Waals surface area contributed by atoms with E-state index in [1.54, 1.807) is 12.5 Å². The van der Waals surface area contributed by atoms with Crippen molar-refractivity contribution < 1.29 is 9.53 Å². The lowest BCUT2D eigenvalue weighted by atomic mass is 10.1. The van der Waals surface area contributed by atoms with Crippen molar-refractivity contribution in [1.82, 2.24) is 34.8 Å². The molecule has 1 aliphatic rings. The minimum atomic E-state index is 0.192. The summed E-state index contributed by atoms with van der Waals surface area (Å²) >= 11 is 0. The molecule has 0 unspecified atom stereocenters. The number of nitrogens with one attached hydrogen (secondary N) is 2. The maximum Gasteiger partial charge on any atom is 0.226 e. The summed E-state index contributed by atoms with van der Waals surface area (Å²) in [5.41, 5.74) is 5.07. The molecule has 192 valence electrons. The molecule has 0 radical (unpaired) electrons. The van der Waals surface area contributed by atoms with E-state index in [1.807, 2.05) is 54.9 Å².